The van der Waals surface area contributed by atoms with Gasteiger partial charge in [0.05, 0.1) is 25.5 Å². The van der Waals surface area contributed by atoms with Gasteiger partial charge in [-0.2, -0.15) is 26.3 Å². The summed E-state index contributed by atoms with van der Waals surface area (Å²) < 4.78 is 91.6. The van der Waals surface area contributed by atoms with Crippen molar-refractivity contribution in [3.8, 4) is 17.2 Å². The highest BCUT2D eigenvalue weighted by Crippen LogP contribution is 2.40. The Labute approximate surface area is 266 Å². The lowest BCUT2D eigenvalue weighted by atomic mass is 10.0. The van der Waals surface area contributed by atoms with E-state index in [1.54, 1.807) is 0 Å². The molecule has 1 saturated heterocycles. The lowest BCUT2D eigenvalue weighted by Gasteiger charge is -2.27. The number of nitrogens with zero attached hydrogens (tertiary/aromatic N) is 3. The number of anilines is 2. The van der Waals surface area contributed by atoms with E-state index in [2.05, 4.69) is 15.0 Å². The van der Waals surface area contributed by atoms with Crippen LogP contribution in [0.25, 0.3) is 0 Å². The van der Waals surface area contributed by atoms with Crippen molar-refractivity contribution in [1.82, 2.24) is 9.88 Å². The maximum atomic E-state index is 13.4. The summed E-state index contributed by atoms with van der Waals surface area (Å²) in [5, 5.41) is 2.38. The molecule has 1 aliphatic rings. The van der Waals surface area contributed by atoms with Crippen LogP contribution in [0.1, 0.15) is 29.8 Å². The van der Waals surface area contributed by atoms with Gasteiger partial charge < -0.3 is 24.4 Å². The smallest absolute Gasteiger partial charge is 0.491 e. The summed E-state index contributed by atoms with van der Waals surface area (Å²) in [6.45, 7) is 2.76. The minimum Gasteiger partial charge on any atom is -0.497 e. The van der Waals surface area contributed by atoms with Gasteiger partial charge in [0.2, 0.25) is 0 Å². The van der Waals surface area contributed by atoms with E-state index in [1.807, 2.05) is 0 Å². The van der Waals surface area contributed by atoms with Gasteiger partial charge in [-0.15, -0.1) is 0 Å². The molecule has 0 saturated carbocycles. The van der Waals surface area contributed by atoms with Gasteiger partial charge in [0.25, 0.3) is 11.8 Å². The number of ether oxygens (including phenoxy) is 3. The largest absolute Gasteiger partial charge is 0.497 e. The topological polar surface area (TPSA) is 127 Å². The molecule has 4 amide bonds. The molecule has 0 bridgehead atoms. The number of carbonyl (C=O) groups is 4. The molecule has 0 spiro atoms. The second-order valence-electron chi connectivity index (χ2n) is 10.2. The van der Waals surface area contributed by atoms with E-state index >= 15 is 0 Å². The molecular weight excluding hydrogens is 662 g/mol. The Bertz CT molecular complexity index is 1710. The number of esters is 1. The van der Waals surface area contributed by atoms with E-state index in [0.717, 1.165) is 36.3 Å². The zero-order chi connectivity index (χ0) is 34.9. The Kier molecular flexibility index (Phi) is 9.65. The van der Waals surface area contributed by atoms with Gasteiger partial charge in [-0.1, -0.05) is 0 Å². The third kappa shape index (κ3) is 7.70. The summed E-state index contributed by atoms with van der Waals surface area (Å²) in [6.07, 6.45) is -4.13. The number of halogens is 6. The van der Waals surface area contributed by atoms with Crippen molar-refractivity contribution in [1.29, 1.82) is 0 Å². The number of methoxy groups -OCH3 is 2. The van der Waals surface area contributed by atoms with E-state index in [-0.39, 0.29) is 40.5 Å². The van der Waals surface area contributed by atoms with Crippen molar-refractivity contribution >= 4 is 47.1 Å². The third-order valence-electron chi connectivity index (χ3n) is 6.71. The average Bonchev–Trinajstić information content (AvgIpc) is 3.15. The van der Waals surface area contributed by atoms with Gasteiger partial charge in [-0.25, -0.2) is 19.5 Å². The van der Waals surface area contributed by atoms with Crippen molar-refractivity contribution in [3.63, 3.8) is 0 Å². The molecule has 1 aromatic heterocycles. The molecule has 1 aliphatic heterocycles. The first-order valence-electron chi connectivity index (χ1n) is 13.2. The number of carbonyl (C=O) groups excluding carboxylic acids is 4. The Morgan fingerprint density at radius 2 is 1.62 bits per heavy atom. The Balaban J connectivity index is 1.58. The molecule has 0 aliphatic carbocycles. The minimum absolute atomic E-state index is 0.0155. The number of alkyl halides is 6. The van der Waals surface area contributed by atoms with Crippen LogP contribution < -0.4 is 24.4 Å². The summed E-state index contributed by atoms with van der Waals surface area (Å²) in [5.74, 6) is -5.71. The molecule has 18 heteroatoms. The number of benzene rings is 2. The first-order chi connectivity index (χ1) is 21.8. The van der Waals surface area contributed by atoms with Gasteiger partial charge >= 0.3 is 23.7 Å². The summed E-state index contributed by atoms with van der Waals surface area (Å²) >= 11 is -0.347. The second kappa shape index (κ2) is 13.0. The molecular formula is C29H24F6N4O7S. The number of aromatic nitrogens is 1. The fourth-order valence-electron chi connectivity index (χ4n) is 4.40. The van der Waals surface area contributed by atoms with Crippen molar-refractivity contribution < 1.29 is 59.7 Å². The molecule has 250 valence electrons. The van der Waals surface area contributed by atoms with Gasteiger partial charge in [0, 0.05) is 23.7 Å². The van der Waals surface area contributed by atoms with Crippen molar-refractivity contribution in [2.45, 2.75) is 42.5 Å². The highest BCUT2D eigenvalue weighted by Gasteiger charge is 2.51. The normalized spacial score (nSPS) is 14.7. The predicted octanol–water partition coefficient (Wildman–Crippen LogP) is 6.18. The van der Waals surface area contributed by atoms with Gasteiger partial charge in [0.1, 0.15) is 17.1 Å². The molecule has 0 atom stereocenters. The van der Waals surface area contributed by atoms with Crippen molar-refractivity contribution in [2.24, 2.45) is 0 Å². The Hall–Kier alpha value is -5.00. The van der Waals surface area contributed by atoms with E-state index in [4.69, 9.17) is 9.47 Å². The molecule has 2 heterocycles. The zero-order valence-electron chi connectivity index (χ0n) is 24.8. The van der Waals surface area contributed by atoms with Crippen molar-refractivity contribution in [3.05, 3.63) is 65.9 Å². The molecule has 1 fully saturated rings. The summed E-state index contributed by atoms with van der Waals surface area (Å²) in [4.78, 5) is 57.5. The molecule has 4 rings (SSSR count). The molecule has 11 nitrogen and oxygen atoms in total. The lowest BCUT2D eigenvalue weighted by molar-refractivity contribution is -0.189. The third-order valence-corrected chi connectivity index (χ3v) is 7.45. The SMILES string of the molecule is COc1cc(OC)c(OC(=O)C(F)(F)F)c(C(=O)Nc2cc(CN3C(=O)N(c4ccc(SC(F)(F)F)cc4)C(=O)C3(C)C)ccn2)c1. The highest BCUT2D eigenvalue weighted by molar-refractivity contribution is 8.00. The van der Waals surface area contributed by atoms with E-state index in [0.29, 0.717) is 5.56 Å². The van der Waals surface area contributed by atoms with E-state index < -0.39 is 58.1 Å². The van der Waals surface area contributed by atoms with Crippen LogP contribution in [-0.2, 0) is 16.1 Å². The quantitative estimate of drug-likeness (QED) is 0.0924. The summed E-state index contributed by atoms with van der Waals surface area (Å²) in [6, 6.07) is 8.86. The van der Waals surface area contributed by atoms with E-state index in [1.165, 1.54) is 56.3 Å². The van der Waals surface area contributed by atoms with Crippen LogP contribution in [0.2, 0.25) is 0 Å². The second-order valence-corrected chi connectivity index (χ2v) is 11.3. The van der Waals surface area contributed by atoms with Crippen LogP contribution in [0.15, 0.2) is 59.6 Å². The van der Waals surface area contributed by atoms with E-state index in [9.17, 15) is 45.5 Å². The minimum atomic E-state index is -5.39. The molecule has 0 unspecified atom stereocenters. The first kappa shape index (κ1) is 34.9. The number of thioether (sulfide) groups is 1. The molecule has 3 aromatic rings. The van der Waals surface area contributed by atoms with Gasteiger partial charge in [0.15, 0.2) is 11.5 Å². The fraction of sp³-hybridized carbons (Fsp3) is 0.276. The highest BCUT2D eigenvalue weighted by atomic mass is 32.2. The maximum Gasteiger partial charge on any atom is 0.491 e. The fourth-order valence-corrected chi connectivity index (χ4v) is 4.94. The van der Waals surface area contributed by atoms with Crippen LogP contribution >= 0.6 is 11.8 Å². The number of urea groups is 1. The summed E-state index contributed by atoms with van der Waals surface area (Å²) in [5.41, 5.74) is -6.08. The molecule has 0 radical (unpaired) electrons. The number of rotatable bonds is 9. The van der Waals surface area contributed by atoms with Crippen LogP contribution in [0, 0.1) is 0 Å². The average molecular weight is 687 g/mol. The number of pyridine rings is 1. The van der Waals surface area contributed by atoms with Gasteiger partial charge in [-0.05, 0) is 73.6 Å². The molecule has 47 heavy (non-hydrogen) atoms. The standard InChI is InChI=1S/C29H24F6N4O7S/c1-27(2)24(41)39(16-5-7-18(8-6-16)47-29(33,34)35)26(43)38(27)14-15-9-10-36-21(11-15)37-23(40)19-12-17(44-3)13-20(45-4)22(19)46-25(42)28(30,31)32/h5-13H,14H2,1-4H3,(H,36,37,40). The number of amides is 4. The van der Waals surface area contributed by atoms with Crippen LogP contribution in [0.3, 0.4) is 0 Å². The van der Waals surface area contributed by atoms with Gasteiger partial charge in [-0.3, -0.25) is 9.59 Å². The van der Waals surface area contributed by atoms with Crippen molar-refractivity contribution in [2.75, 3.05) is 24.4 Å². The van der Waals surface area contributed by atoms with Crippen LogP contribution in [-0.4, -0.2) is 65.1 Å². The lowest BCUT2D eigenvalue weighted by Crippen LogP contribution is -2.43. The number of hydrogen-bond acceptors (Lipinski definition) is 9. The molecule has 1 N–H and O–H groups in total. The number of nitrogens with one attached hydrogen (secondary N) is 1. The van der Waals surface area contributed by atoms with Crippen LogP contribution in [0.5, 0.6) is 17.2 Å². The number of imide groups is 1. The number of hydrogen-bond donors (Lipinski definition) is 1. The molecule has 2 aromatic carbocycles. The zero-order valence-corrected chi connectivity index (χ0v) is 25.6. The Morgan fingerprint density at radius 3 is 2.19 bits per heavy atom. The maximum absolute atomic E-state index is 13.4. The predicted molar refractivity (Wildman–Crippen MR) is 154 cm³/mol. The Morgan fingerprint density at radius 1 is 0.957 bits per heavy atom. The summed E-state index contributed by atoms with van der Waals surface area (Å²) in [7, 11) is 2.29. The monoisotopic (exact) mass is 686 g/mol. The van der Waals surface area contributed by atoms with Crippen LogP contribution in [0.4, 0.5) is 42.6 Å². The first-order valence-corrected chi connectivity index (χ1v) is 14.0.